The van der Waals surface area contributed by atoms with Gasteiger partial charge in [-0.05, 0) is 24.6 Å². The molecule has 5 nitrogen and oxygen atoms in total. The van der Waals surface area contributed by atoms with Crippen molar-refractivity contribution in [3.63, 3.8) is 0 Å². The molecule has 2 atom stereocenters. The molecule has 0 fully saturated rings. The van der Waals surface area contributed by atoms with Gasteiger partial charge < -0.3 is 15.5 Å². The zero-order chi connectivity index (χ0) is 19.1. The summed E-state index contributed by atoms with van der Waals surface area (Å²) in [6.07, 6.45) is 0. The zero-order valence-electron chi connectivity index (χ0n) is 14.7. The lowest BCUT2D eigenvalue weighted by molar-refractivity contribution is -0.885. The minimum absolute atomic E-state index is 0.113. The zero-order valence-corrected chi connectivity index (χ0v) is 16.2. The van der Waals surface area contributed by atoms with E-state index in [1.54, 1.807) is 32.2 Å². The molecule has 26 heavy (non-hydrogen) atoms. The molecule has 2 aromatic rings. The third-order valence-electron chi connectivity index (χ3n) is 4.11. The predicted octanol–water partition coefficient (Wildman–Crippen LogP) is 2.15. The maximum atomic E-state index is 12.3. The van der Waals surface area contributed by atoms with Crippen LogP contribution in [0.2, 0.25) is 10.0 Å². The lowest BCUT2D eigenvalue weighted by Gasteiger charge is -2.21. The van der Waals surface area contributed by atoms with Gasteiger partial charge in [-0.15, -0.1) is 0 Å². The van der Waals surface area contributed by atoms with E-state index in [0.29, 0.717) is 22.3 Å². The molecule has 0 spiro atoms. The van der Waals surface area contributed by atoms with Gasteiger partial charge in [-0.3, -0.25) is 9.59 Å². The number of halogens is 2. The molecule has 0 aliphatic heterocycles. The standard InChI is InChI=1S/C19H21Cl2N3O2/c1-13(19(26)22-11-14-7-4-3-5-8-14)24(2)12-17(25)23-18-15(20)9-6-10-16(18)21/h3-10,13H,11-12H2,1-2H3,(H,22,26)(H,23,25)/p+1/t13-/m0/s1. The number of benzene rings is 2. The fourth-order valence-corrected chi connectivity index (χ4v) is 2.86. The van der Waals surface area contributed by atoms with Crippen molar-refractivity contribution >= 4 is 40.7 Å². The van der Waals surface area contributed by atoms with Gasteiger partial charge in [0.25, 0.3) is 11.8 Å². The van der Waals surface area contributed by atoms with E-state index in [4.69, 9.17) is 23.2 Å². The molecular weight excluding hydrogens is 373 g/mol. The van der Waals surface area contributed by atoms with Crippen LogP contribution >= 0.6 is 23.2 Å². The van der Waals surface area contributed by atoms with E-state index < -0.39 is 0 Å². The summed E-state index contributed by atoms with van der Waals surface area (Å²) in [6.45, 7) is 2.35. The Labute approximate surface area is 163 Å². The normalized spacial score (nSPS) is 12.9. The first-order chi connectivity index (χ1) is 12.4. The highest BCUT2D eigenvalue weighted by molar-refractivity contribution is 6.39. The third-order valence-corrected chi connectivity index (χ3v) is 4.74. The number of hydrogen-bond donors (Lipinski definition) is 3. The summed E-state index contributed by atoms with van der Waals surface area (Å²) in [7, 11) is 1.79. The molecule has 0 saturated heterocycles. The van der Waals surface area contributed by atoms with Gasteiger partial charge in [0, 0.05) is 6.54 Å². The molecule has 1 unspecified atom stereocenters. The lowest BCUT2D eigenvalue weighted by atomic mass is 10.2. The molecule has 2 amide bonds. The number of rotatable bonds is 7. The summed E-state index contributed by atoms with van der Waals surface area (Å²) in [5.41, 5.74) is 1.41. The van der Waals surface area contributed by atoms with Gasteiger partial charge in [0.1, 0.15) is 0 Å². The van der Waals surface area contributed by atoms with E-state index in [1.807, 2.05) is 30.3 Å². The van der Waals surface area contributed by atoms with Crippen LogP contribution in [0.1, 0.15) is 12.5 Å². The van der Waals surface area contributed by atoms with Gasteiger partial charge in [0.15, 0.2) is 12.6 Å². The summed E-state index contributed by atoms with van der Waals surface area (Å²) in [6, 6.07) is 14.3. The van der Waals surface area contributed by atoms with Crippen molar-refractivity contribution in [3.8, 4) is 0 Å². The van der Waals surface area contributed by atoms with Crippen molar-refractivity contribution in [3.05, 3.63) is 64.1 Å². The summed E-state index contributed by atoms with van der Waals surface area (Å²) in [4.78, 5) is 25.3. The molecule has 3 N–H and O–H groups in total. The maximum absolute atomic E-state index is 12.3. The van der Waals surface area contributed by atoms with Crippen LogP contribution in [0.15, 0.2) is 48.5 Å². The van der Waals surface area contributed by atoms with Gasteiger partial charge in [-0.25, -0.2) is 0 Å². The topological polar surface area (TPSA) is 62.6 Å². The van der Waals surface area contributed by atoms with Crippen LogP contribution < -0.4 is 15.5 Å². The Hall–Kier alpha value is -2.08. The van der Waals surface area contributed by atoms with Crippen molar-refractivity contribution < 1.29 is 14.5 Å². The quantitative estimate of drug-likeness (QED) is 0.673. The summed E-state index contributed by atoms with van der Waals surface area (Å²) >= 11 is 12.1. The minimum Gasteiger partial charge on any atom is -0.347 e. The number of amides is 2. The minimum atomic E-state index is -0.383. The number of carbonyl (C=O) groups is 2. The molecule has 138 valence electrons. The Balaban J connectivity index is 1.86. The SMILES string of the molecule is C[C@@H](C(=O)NCc1ccccc1)[NH+](C)CC(=O)Nc1c(Cl)cccc1Cl. The molecule has 0 saturated carbocycles. The molecule has 2 aromatic carbocycles. The molecule has 0 aliphatic rings. The fraction of sp³-hybridized carbons (Fsp3) is 0.263. The number of hydrogen-bond acceptors (Lipinski definition) is 2. The Kier molecular flexibility index (Phi) is 7.45. The molecule has 7 heteroatoms. The molecule has 0 heterocycles. The second kappa shape index (κ2) is 9.57. The summed E-state index contributed by atoms with van der Waals surface area (Å²) in [5, 5.41) is 6.34. The number of nitrogens with one attached hydrogen (secondary N) is 3. The largest absolute Gasteiger partial charge is 0.347 e. The van der Waals surface area contributed by atoms with Crippen LogP contribution in [0.25, 0.3) is 0 Å². The van der Waals surface area contributed by atoms with Crippen molar-refractivity contribution in [2.24, 2.45) is 0 Å². The van der Waals surface area contributed by atoms with Crippen LogP contribution in [-0.4, -0.2) is 31.4 Å². The molecule has 0 radical (unpaired) electrons. The Morgan fingerprint density at radius 2 is 1.65 bits per heavy atom. The summed E-state index contributed by atoms with van der Waals surface area (Å²) in [5.74, 6) is -0.380. The first-order valence-corrected chi connectivity index (χ1v) is 9.02. The molecule has 2 rings (SSSR count). The van der Waals surface area contributed by atoms with Crippen LogP contribution in [0.4, 0.5) is 5.69 Å². The summed E-state index contributed by atoms with van der Waals surface area (Å²) < 4.78 is 0. The average Bonchev–Trinajstić information content (AvgIpc) is 2.63. The Morgan fingerprint density at radius 3 is 2.27 bits per heavy atom. The molecule has 0 aromatic heterocycles. The van der Waals surface area contributed by atoms with E-state index in [9.17, 15) is 9.59 Å². The number of anilines is 1. The number of likely N-dealkylation sites (N-methyl/N-ethyl adjacent to an activating group) is 1. The Bertz CT molecular complexity index is 748. The van der Waals surface area contributed by atoms with Gasteiger partial charge >= 0.3 is 0 Å². The second-order valence-electron chi connectivity index (χ2n) is 6.09. The van der Waals surface area contributed by atoms with E-state index in [0.717, 1.165) is 10.5 Å². The van der Waals surface area contributed by atoms with Gasteiger partial charge in [0.2, 0.25) is 0 Å². The van der Waals surface area contributed by atoms with Crippen LogP contribution in [0.5, 0.6) is 0 Å². The van der Waals surface area contributed by atoms with E-state index >= 15 is 0 Å². The number of para-hydroxylation sites is 1. The lowest BCUT2D eigenvalue weighted by Crippen LogP contribution is -3.15. The van der Waals surface area contributed by atoms with Crippen molar-refractivity contribution in [1.82, 2.24) is 5.32 Å². The highest BCUT2D eigenvalue weighted by Crippen LogP contribution is 2.29. The monoisotopic (exact) mass is 394 g/mol. The van der Waals surface area contributed by atoms with Crippen LogP contribution in [0, 0.1) is 0 Å². The molecule has 0 aliphatic carbocycles. The molecular formula is C19H22Cl2N3O2+. The smallest absolute Gasteiger partial charge is 0.279 e. The Morgan fingerprint density at radius 1 is 1.04 bits per heavy atom. The van der Waals surface area contributed by atoms with E-state index in [1.165, 1.54) is 0 Å². The van der Waals surface area contributed by atoms with E-state index in [2.05, 4.69) is 10.6 Å². The molecule has 0 bridgehead atoms. The fourth-order valence-electron chi connectivity index (χ4n) is 2.37. The van der Waals surface area contributed by atoms with Crippen LogP contribution in [0.3, 0.4) is 0 Å². The van der Waals surface area contributed by atoms with Gasteiger partial charge in [-0.1, -0.05) is 59.6 Å². The third kappa shape index (κ3) is 5.73. The van der Waals surface area contributed by atoms with Crippen LogP contribution in [-0.2, 0) is 16.1 Å². The first kappa shape index (κ1) is 20.2. The number of carbonyl (C=O) groups excluding carboxylic acids is 2. The van der Waals surface area contributed by atoms with E-state index in [-0.39, 0.29) is 24.4 Å². The average molecular weight is 395 g/mol. The number of quaternary nitrogens is 1. The van der Waals surface area contributed by atoms with Gasteiger partial charge in [-0.2, -0.15) is 0 Å². The van der Waals surface area contributed by atoms with Crippen molar-refractivity contribution in [1.29, 1.82) is 0 Å². The highest BCUT2D eigenvalue weighted by atomic mass is 35.5. The highest BCUT2D eigenvalue weighted by Gasteiger charge is 2.24. The van der Waals surface area contributed by atoms with Gasteiger partial charge in [0.05, 0.1) is 22.8 Å². The van der Waals surface area contributed by atoms with Crippen molar-refractivity contribution in [2.45, 2.75) is 19.5 Å². The second-order valence-corrected chi connectivity index (χ2v) is 6.91. The van der Waals surface area contributed by atoms with Crippen molar-refractivity contribution in [2.75, 3.05) is 18.9 Å². The maximum Gasteiger partial charge on any atom is 0.279 e. The predicted molar refractivity (Wildman–Crippen MR) is 105 cm³/mol. The first-order valence-electron chi connectivity index (χ1n) is 8.26.